The highest BCUT2D eigenvalue weighted by molar-refractivity contribution is 7.16. The van der Waals surface area contributed by atoms with Crippen LogP contribution in [0.25, 0.3) is 0 Å². The number of fused-ring (bicyclic) bond motifs is 1. The lowest BCUT2D eigenvalue weighted by molar-refractivity contribution is 0.476. The van der Waals surface area contributed by atoms with Gasteiger partial charge in [-0.25, -0.2) is 0 Å². The van der Waals surface area contributed by atoms with Crippen LogP contribution >= 0.6 is 22.9 Å². The molecule has 0 amide bonds. The van der Waals surface area contributed by atoms with Crippen molar-refractivity contribution in [3.05, 3.63) is 56.7 Å². The average Bonchev–Trinajstić information content (AvgIpc) is 2.91. The standard InChI is InChI=1S/C17H20ClNS/c1-12(16-9-10-17(18)20-16)19-11-14-7-4-6-13-5-2-3-8-15(13)14/h2-3,5,8-10,12,14,19H,4,6-7,11H2,1H3. The summed E-state index contributed by atoms with van der Waals surface area (Å²) in [6.07, 6.45) is 3.84. The molecule has 0 saturated carbocycles. The molecule has 0 saturated heterocycles. The first-order chi connectivity index (χ1) is 9.74. The van der Waals surface area contributed by atoms with Crippen molar-refractivity contribution >= 4 is 22.9 Å². The van der Waals surface area contributed by atoms with Crippen molar-refractivity contribution < 1.29 is 0 Å². The molecule has 1 aliphatic rings. The Morgan fingerprint density at radius 3 is 2.95 bits per heavy atom. The first-order valence-corrected chi connectivity index (χ1v) is 8.50. The SMILES string of the molecule is CC(NCC1CCCc2ccccc21)c1ccc(Cl)s1. The van der Waals surface area contributed by atoms with Crippen LogP contribution in [0, 0.1) is 0 Å². The van der Waals surface area contributed by atoms with Crippen molar-refractivity contribution in [2.75, 3.05) is 6.54 Å². The Kier molecular flexibility index (Phi) is 4.45. The van der Waals surface area contributed by atoms with Crippen LogP contribution in [0.5, 0.6) is 0 Å². The number of halogens is 1. The largest absolute Gasteiger partial charge is 0.309 e. The van der Waals surface area contributed by atoms with Crippen molar-refractivity contribution in [2.24, 2.45) is 0 Å². The fourth-order valence-electron chi connectivity index (χ4n) is 3.05. The second-order valence-corrected chi connectivity index (χ2v) is 7.31. The highest BCUT2D eigenvalue weighted by Crippen LogP contribution is 2.32. The third-order valence-corrected chi connectivity index (χ3v) is 5.60. The molecule has 1 heterocycles. The number of benzene rings is 1. The van der Waals surface area contributed by atoms with Gasteiger partial charge in [-0.05, 0) is 55.4 Å². The second-order valence-electron chi connectivity index (χ2n) is 5.56. The van der Waals surface area contributed by atoms with E-state index in [9.17, 15) is 0 Å². The number of hydrogen-bond acceptors (Lipinski definition) is 2. The minimum atomic E-state index is 0.376. The van der Waals surface area contributed by atoms with Crippen LogP contribution in [0.3, 0.4) is 0 Å². The molecule has 3 rings (SSSR count). The molecule has 0 bridgehead atoms. The van der Waals surface area contributed by atoms with Gasteiger partial charge in [0.05, 0.1) is 4.34 Å². The van der Waals surface area contributed by atoms with E-state index in [1.165, 1.54) is 29.7 Å². The molecule has 0 fully saturated rings. The van der Waals surface area contributed by atoms with Gasteiger partial charge in [0, 0.05) is 17.5 Å². The van der Waals surface area contributed by atoms with Gasteiger partial charge in [0.15, 0.2) is 0 Å². The average molecular weight is 306 g/mol. The van der Waals surface area contributed by atoms with Gasteiger partial charge in [0.1, 0.15) is 0 Å². The lowest BCUT2D eigenvalue weighted by Crippen LogP contribution is -2.26. The van der Waals surface area contributed by atoms with Gasteiger partial charge in [-0.15, -0.1) is 11.3 Å². The Hall–Kier alpha value is -0.830. The number of nitrogens with one attached hydrogen (secondary N) is 1. The minimum absolute atomic E-state index is 0.376. The Bertz CT molecular complexity index is 578. The first-order valence-electron chi connectivity index (χ1n) is 7.30. The van der Waals surface area contributed by atoms with Gasteiger partial charge in [-0.3, -0.25) is 0 Å². The maximum Gasteiger partial charge on any atom is 0.0931 e. The molecule has 1 aromatic carbocycles. The molecule has 1 aliphatic carbocycles. The van der Waals surface area contributed by atoms with Gasteiger partial charge >= 0.3 is 0 Å². The molecule has 0 radical (unpaired) electrons. The van der Waals surface area contributed by atoms with Crippen molar-refractivity contribution in [3.8, 4) is 0 Å². The summed E-state index contributed by atoms with van der Waals surface area (Å²) in [7, 11) is 0. The van der Waals surface area contributed by atoms with Gasteiger partial charge in [0.2, 0.25) is 0 Å². The summed E-state index contributed by atoms with van der Waals surface area (Å²) in [6.45, 7) is 3.27. The maximum absolute atomic E-state index is 6.01. The molecular formula is C17H20ClNS. The number of thiophene rings is 1. The van der Waals surface area contributed by atoms with Crippen molar-refractivity contribution in [1.82, 2.24) is 5.32 Å². The van der Waals surface area contributed by atoms with Gasteiger partial charge in [0.25, 0.3) is 0 Å². The predicted molar refractivity (Wildman–Crippen MR) is 87.9 cm³/mol. The molecule has 3 heteroatoms. The monoisotopic (exact) mass is 305 g/mol. The van der Waals surface area contributed by atoms with Crippen LogP contribution in [0.2, 0.25) is 4.34 Å². The van der Waals surface area contributed by atoms with Gasteiger partial charge in [-0.2, -0.15) is 0 Å². The van der Waals surface area contributed by atoms with Crippen LogP contribution < -0.4 is 5.32 Å². The Labute approximate surface area is 130 Å². The molecule has 2 aromatic rings. The zero-order valence-corrected chi connectivity index (χ0v) is 13.3. The van der Waals surface area contributed by atoms with Crippen LogP contribution in [0.4, 0.5) is 0 Å². The van der Waals surface area contributed by atoms with Crippen molar-refractivity contribution in [3.63, 3.8) is 0 Å². The molecule has 1 N–H and O–H groups in total. The van der Waals surface area contributed by atoms with Crippen LogP contribution in [-0.2, 0) is 6.42 Å². The van der Waals surface area contributed by atoms with E-state index >= 15 is 0 Å². The quantitative estimate of drug-likeness (QED) is 0.821. The highest BCUT2D eigenvalue weighted by atomic mass is 35.5. The van der Waals surface area contributed by atoms with E-state index in [0.717, 1.165) is 10.9 Å². The molecule has 2 unspecified atom stereocenters. The van der Waals surface area contributed by atoms with E-state index < -0.39 is 0 Å². The van der Waals surface area contributed by atoms with E-state index in [-0.39, 0.29) is 0 Å². The molecule has 20 heavy (non-hydrogen) atoms. The van der Waals surface area contributed by atoms with E-state index in [4.69, 9.17) is 11.6 Å². The molecule has 0 aliphatic heterocycles. The summed E-state index contributed by atoms with van der Waals surface area (Å²) >= 11 is 7.68. The predicted octanol–water partition coefficient (Wildman–Crippen LogP) is 5.17. The Balaban J connectivity index is 1.65. The molecule has 1 aromatic heterocycles. The molecular weight excluding hydrogens is 286 g/mol. The smallest absolute Gasteiger partial charge is 0.0931 e. The minimum Gasteiger partial charge on any atom is -0.309 e. The molecule has 1 nitrogen and oxygen atoms in total. The first kappa shape index (κ1) is 14.1. The lowest BCUT2D eigenvalue weighted by Gasteiger charge is -2.27. The zero-order chi connectivity index (χ0) is 13.9. The summed E-state index contributed by atoms with van der Waals surface area (Å²) in [5, 5.41) is 3.67. The van der Waals surface area contributed by atoms with Crippen molar-refractivity contribution in [2.45, 2.75) is 38.1 Å². The Morgan fingerprint density at radius 2 is 2.15 bits per heavy atom. The van der Waals surface area contributed by atoms with E-state index in [0.29, 0.717) is 12.0 Å². The summed E-state index contributed by atoms with van der Waals surface area (Å²) in [5.74, 6) is 0.651. The topological polar surface area (TPSA) is 12.0 Å². The van der Waals surface area contributed by atoms with E-state index in [1.54, 1.807) is 16.9 Å². The summed E-state index contributed by atoms with van der Waals surface area (Å²) < 4.78 is 0.872. The normalized spacial score (nSPS) is 19.6. The van der Waals surface area contributed by atoms with Crippen LogP contribution in [-0.4, -0.2) is 6.54 Å². The van der Waals surface area contributed by atoms with Crippen LogP contribution in [0.15, 0.2) is 36.4 Å². The van der Waals surface area contributed by atoms with E-state index in [2.05, 4.69) is 42.6 Å². The Morgan fingerprint density at radius 1 is 1.30 bits per heavy atom. The third kappa shape index (κ3) is 3.08. The number of hydrogen-bond donors (Lipinski definition) is 1. The summed E-state index contributed by atoms with van der Waals surface area (Å²) in [6, 6.07) is 13.4. The summed E-state index contributed by atoms with van der Waals surface area (Å²) in [5.41, 5.74) is 3.08. The van der Waals surface area contributed by atoms with Crippen LogP contribution in [0.1, 0.15) is 47.7 Å². The molecule has 2 atom stereocenters. The molecule has 0 spiro atoms. The van der Waals surface area contributed by atoms with Gasteiger partial charge in [-0.1, -0.05) is 35.9 Å². The number of rotatable bonds is 4. The summed E-state index contributed by atoms with van der Waals surface area (Å²) in [4.78, 5) is 1.32. The highest BCUT2D eigenvalue weighted by Gasteiger charge is 2.20. The lowest BCUT2D eigenvalue weighted by atomic mass is 9.83. The van der Waals surface area contributed by atoms with E-state index in [1.807, 2.05) is 6.07 Å². The van der Waals surface area contributed by atoms with Gasteiger partial charge < -0.3 is 5.32 Å². The fraction of sp³-hybridized carbons (Fsp3) is 0.412. The fourth-order valence-corrected chi connectivity index (χ4v) is 4.13. The number of aryl methyl sites for hydroxylation is 1. The maximum atomic E-state index is 6.01. The van der Waals surface area contributed by atoms with Crippen molar-refractivity contribution in [1.29, 1.82) is 0 Å². The zero-order valence-electron chi connectivity index (χ0n) is 11.7. The third-order valence-electron chi connectivity index (χ3n) is 4.18. The molecule has 106 valence electrons. The second kappa shape index (κ2) is 6.30.